The van der Waals surface area contributed by atoms with Gasteiger partial charge in [0.05, 0.1) is 22.4 Å². The molecular weight excluding hydrogens is 486 g/mol. The molecule has 36 heavy (non-hydrogen) atoms. The maximum atomic E-state index is 6.94. The summed E-state index contributed by atoms with van der Waals surface area (Å²) in [6.07, 6.45) is 11.6. The number of thiocarbonyl (C=S) groups is 1. The molecule has 3 aliphatic rings. The Bertz CT molecular complexity index is 1210. The van der Waals surface area contributed by atoms with Crippen molar-refractivity contribution in [1.29, 1.82) is 0 Å². The Morgan fingerprint density at radius 2 is 1.81 bits per heavy atom. The summed E-state index contributed by atoms with van der Waals surface area (Å²) < 4.78 is 2.49. The SMILES string of the molecule is CC1CCN(c2ccc(N3C(=S)N[C@@H](c4ccccn4)[C@H]3c3cccn3C3CCCC3)cc2Cl)CC1. The zero-order valence-corrected chi connectivity index (χ0v) is 22.4. The van der Waals surface area contributed by atoms with E-state index in [1.165, 1.54) is 44.2 Å². The van der Waals surface area contributed by atoms with Gasteiger partial charge in [-0.05, 0) is 86.3 Å². The summed E-state index contributed by atoms with van der Waals surface area (Å²) in [5, 5.41) is 5.11. The highest BCUT2D eigenvalue weighted by Gasteiger charge is 2.42. The van der Waals surface area contributed by atoms with Gasteiger partial charge in [0.2, 0.25) is 0 Å². The van der Waals surface area contributed by atoms with Crippen LogP contribution in [0.5, 0.6) is 0 Å². The molecule has 0 radical (unpaired) electrons. The van der Waals surface area contributed by atoms with Crippen molar-refractivity contribution in [2.45, 2.75) is 63.6 Å². The van der Waals surface area contributed by atoms with Gasteiger partial charge in [-0.15, -0.1) is 0 Å². The van der Waals surface area contributed by atoms with Gasteiger partial charge in [-0.2, -0.15) is 0 Å². The van der Waals surface area contributed by atoms with E-state index < -0.39 is 0 Å². The molecule has 1 aromatic carbocycles. The summed E-state index contributed by atoms with van der Waals surface area (Å²) in [5.74, 6) is 0.785. The minimum Gasteiger partial charge on any atom is -0.370 e. The van der Waals surface area contributed by atoms with Crippen LogP contribution in [0.3, 0.4) is 0 Å². The highest BCUT2D eigenvalue weighted by molar-refractivity contribution is 7.80. The molecule has 188 valence electrons. The van der Waals surface area contributed by atoms with E-state index in [2.05, 4.69) is 69.2 Å². The van der Waals surface area contributed by atoms with E-state index in [0.29, 0.717) is 11.2 Å². The predicted octanol–water partition coefficient (Wildman–Crippen LogP) is 7.07. The predicted molar refractivity (Wildman–Crippen MR) is 152 cm³/mol. The van der Waals surface area contributed by atoms with E-state index in [0.717, 1.165) is 41.1 Å². The summed E-state index contributed by atoms with van der Waals surface area (Å²) in [4.78, 5) is 9.39. The summed E-state index contributed by atoms with van der Waals surface area (Å²) in [6, 6.07) is 17.5. The van der Waals surface area contributed by atoms with Crippen molar-refractivity contribution in [1.82, 2.24) is 14.9 Å². The largest absolute Gasteiger partial charge is 0.370 e. The smallest absolute Gasteiger partial charge is 0.174 e. The quantitative estimate of drug-likeness (QED) is 0.365. The lowest BCUT2D eigenvalue weighted by atomic mass is 9.98. The van der Waals surface area contributed by atoms with E-state index in [1.807, 2.05) is 18.3 Å². The molecule has 4 heterocycles. The number of piperidine rings is 1. The number of benzene rings is 1. The minimum atomic E-state index is -0.0456. The number of hydrogen-bond donors (Lipinski definition) is 1. The van der Waals surface area contributed by atoms with Crippen molar-refractivity contribution in [3.63, 3.8) is 0 Å². The van der Waals surface area contributed by atoms with Crippen molar-refractivity contribution in [3.8, 4) is 0 Å². The second kappa shape index (κ2) is 10.1. The molecule has 0 unspecified atom stereocenters. The van der Waals surface area contributed by atoms with E-state index >= 15 is 0 Å². The van der Waals surface area contributed by atoms with Crippen molar-refractivity contribution < 1.29 is 0 Å². The molecule has 0 amide bonds. The van der Waals surface area contributed by atoms with Crippen LogP contribution in [-0.2, 0) is 0 Å². The first-order chi connectivity index (χ1) is 17.6. The van der Waals surface area contributed by atoms with Crippen molar-refractivity contribution in [3.05, 3.63) is 77.3 Å². The summed E-state index contributed by atoms with van der Waals surface area (Å²) in [5.41, 5.74) is 4.42. The summed E-state index contributed by atoms with van der Waals surface area (Å²) in [7, 11) is 0. The number of anilines is 2. The van der Waals surface area contributed by atoms with E-state index in [1.54, 1.807) is 0 Å². The Morgan fingerprint density at radius 3 is 2.53 bits per heavy atom. The van der Waals surface area contributed by atoms with Gasteiger partial charge in [0.25, 0.3) is 0 Å². The van der Waals surface area contributed by atoms with E-state index in [-0.39, 0.29) is 12.1 Å². The number of rotatable bonds is 5. The van der Waals surface area contributed by atoms with Crippen molar-refractivity contribution >= 4 is 40.3 Å². The van der Waals surface area contributed by atoms with E-state index in [9.17, 15) is 0 Å². The monoisotopic (exact) mass is 519 g/mol. The lowest BCUT2D eigenvalue weighted by Crippen LogP contribution is -2.33. The molecule has 2 aromatic heterocycles. The molecule has 2 atom stereocenters. The van der Waals surface area contributed by atoms with Gasteiger partial charge in [-0.1, -0.05) is 37.4 Å². The molecule has 7 heteroatoms. The van der Waals surface area contributed by atoms with Crippen LogP contribution in [0.1, 0.15) is 75.0 Å². The third-order valence-corrected chi connectivity index (χ3v) is 8.88. The van der Waals surface area contributed by atoms with Crippen LogP contribution in [0.25, 0.3) is 0 Å². The molecule has 1 saturated carbocycles. The van der Waals surface area contributed by atoms with Crippen LogP contribution < -0.4 is 15.1 Å². The van der Waals surface area contributed by atoms with Gasteiger partial charge in [0.15, 0.2) is 5.11 Å². The Hall–Kier alpha value is -2.57. The zero-order chi connectivity index (χ0) is 24.6. The Morgan fingerprint density at radius 1 is 1.00 bits per heavy atom. The molecule has 2 aliphatic heterocycles. The minimum absolute atomic E-state index is 0.0132. The third kappa shape index (κ3) is 4.39. The number of aromatic nitrogens is 2. The highest BCUT2D eigenvalue weighted by Crippen LogP contribution is 2.45. The average molecular weight is 520 g/mol. The first-order valence-electron chi connectivity index (χ1n) is 13.3. The molecule has 5 nitrogen and oxygen atoms in total. The maximum absolute atomic E-state index is 6.94. The van der Waals surface area contributed by atoms with Crippen LogP contribution in [0.4, 0.5) is 11.4 Å². The topological polar surface area (TPSA) is 36.3 Å². The van der Waals surface area contributed by atoms with Gasteiger partial charge < -0.3 is 19.7 Å². The van der Waals surface area contributed by atoms with E-state index in [4.69, 9.17) is 28.8 Å². The standard InChI is InChI=1S/C29H34ClN5S/c1-20-13-17-33(18-14-20)25-12-11-22(19-23(25)30)35-28(26-10-6-16-34(26)21-7-2-3-8-21)27(32-29(35)36)24-9-4-5-15-31-24/h4-6,9-12,15-16,19-21,27-28H,2-3,7-8,13-14,17-18H2,1H3,(H,32,36)/t27-,28+/m0/s1. The fraction of sp³-hybridized carbons (Fsp3) is 0.448. The summed E-state index contributed by atoms with van der Waals surface area (Å²) in [6.45, 7) is 4.45. The number of nitrogens with one attached hydrogen (secondary N) is 1. The fourth-order valence-electron chi connectivity index (χ4n) is 6.26. The fourth-order valence-corrected chi connectivity index (χ4v) is 6.90. The zero-order valence-electron chi connectivity index (χ0n) is 20.8. The third-order valence-electron chi connectivity index (χ3n) is 8.26. The Balaban J connectivity index is 1.39. The van der Waals surface area contributed by atoms with Crippen molar-refractivity contribution in [2.24, 2.45) is 5.92 Å². The van der Waals surface area contributed by atoms with Gasteiger partial charge >= 0.3 is 0 Å². The number of nitrogens with zero attached hydrogens (tertiary/aromatic N) is 4. The lowest BCUT2D eigenvalue weighted by Gasteiger charge is -2.34. The molecular formula is C29H34ClN5S. The molecule has 2 saturated heterocycles. The molecule has 3 aromatic rings. The maximum Gasteiger partial charge on any atom is 0.174 e. The second-order valence-corrected chi connectivity index (χ2v) is 11.4. The van der Waals surface area contributed by atoms with Gasteiger partial charge in [0.1, 0.15) is 6.04 Å². The van der Waals surface area contributed by atoms with Crippen LogP contribution in [0.2, 0.25) is 5.02 Å². The van der Waals surface area contributed by atoms with Gasteiger partial charge in [0, 0.05) is 42.9 Å². The van der Waals surface area contributed by atoms with Crippen LogP contribution >= 0.6 is 23.8 Å². The summed E-state index contributed by atoms with van der Waals surface area (Å²) >= 11 is 12.9. The number of pyridine rings is 1. The van der Waals surface area contributed by atoms with Gasteiger partial charge in [-0.3, -0.25) is 4.98 Å². The molecule has 0 spiro atoms. The lowest BCUT2D eigenvalue weighted by molar-refractivity contribution is 0.438. The Labute approximate surface area is 224 Å². The first-order valence-corrected chi connectivity index (χ1v) is 14.1. The number of halogens is 1. The van der Waals surface area contributed by atoms with Crippen LogP contribution in [-0.4, -0.2) is 27.8 Å². The molecule has 0 bridgehead atoms. The van der Waals surface area contributed by atoms with Gasteiger partial charge in [-0.25, -0.2) is 0 Å². The molecule has 1 N–H and O–H groups in total. The van der Waals surface area contributed by atoms with Crippen LogP contribution in [0.15, 0.2) is 60.9 Å². The van der Waals surface area contributed by atoms with Crippen molar-refractivity contribution in [2.75, 3.05) is 22.9 Å². The number of hydrogen-bond acceptors (Lipinski definition) is 3. The average Bonchev–Trinajstić information content (AvgIpc) is 3.65. The Kier molecular flexibility index (Phi) is 6.65. The second-order valence-electron chi connectivity index (χ2n) is 10.6. The first kappa shape index (κ1) is 23.8. The molecule has 3 fully saturated rings. The normalized spacial score (nSPS) is 23.4. The molecule has 6 rings (SSSR count). The van der Waals surface area contributed by atoms with Crippen LogP contribution in [0, 0.1) is 5.92 Å². The highest BCUT2D eigenvalue weighted by atomic mass is 35.5. The molecule has 1 aliphatic carbocycles.